The molecule has 2 heteroatoms. The van der Waals surface area contributed by atoms with Crippen LogP contribution in [0.25, 0.3) is 0 Å². The molecular formula is C8H20NS+. The zero-order valence-corrected chi connectivity index (χ0v) is 8.29. The molecule has 0 aliphatic heterocycles. The molecule has 0 spiro atoms. The van der Waals surface area contributed by atoms with Crippen molar-refractivity contribution in [1.29, 1.82) is 0 Å². The summed E-state index contributed by atoms with van der Waals surface area (Å²) in [4.78, 5) is 0. The fraction of sp³-hybridized carbons (Fsp3) is 1.00. The van der Waals surface area contributed by atoms with Crippen LogP contribution in [0.15, 0.2) is 0 Å². The molecule has 2 N–H and O–H groups in total. The van der Waals surface area contributed by atoms with Crippen LogP contribution in [0.1, 0.15) is 29.1 Å². The van der Waals surface area contributed by atoms with E-state index in [9.17, 15) is 0 Å². The summed E-state index contributed by atoms with van der Waals surface area (Å²) in [5.41, 5.74) is 5.80. The van der Waals surface area contributed by atoms with Crippen molar-refractivity contribution in [3.05, 3.63) is 0 Å². The average Bonchev–Trinajstić information content (AvgIpc) is 1.59. The lowest BCUT2D eigenvalue weighted by atomic mass is 10.1. The van der Waals surface area contributed by atoms with Gasteiger partial charge in [-0.05, 0) is 25.5 Å². The van der Waals surface area contributed by atoms with Gasteiger partial charge in [-0.3, -0.25) is 0 Å². The molecule has 0 rings (SSSR count). The number of nitrogens with two attached hydrogens (primary N) is 1. The largest absolute Gasteiger partial charge is 1.00 e. The molecule has 0 radical (unpaired) electrons. The van der Waals surface area contributed by atoms with Crippen LogP contribution in [0.5, 0.6) is 0 Å². The molecule has 0 fully saturated rings. The van der Waals surface area contributed by atoms with E-state index < -0.39 is 0 Å². The van der Waals surface area contributed by atoms with Gasteiger partial charge in [-0.2, -0.15) is 11.8 Å². The minimum atomic E-state index is -0.000440. The summed E-state index contributed by atoms with van der Waals surface area (Å²) in [6.45, 7) is 8.60. The van der Waals surface area contributed by atoms with Crippen LogP contribution in [0, 0.1) is 5.92 Å². The topological polar surface area (TPSA) is 26.0 Å². The Balaban J connectivity index is 0. The van der Waals surface area contributed by atoms with Crippen LogP contribution < -0.4 is 5.73 Å². The van der Waals surface area contributed by atoms with Gasteiger partial charge in [0.15, 0.2) is 0 Å². The van der Waals surface area contributed by atoms with Crippen LogP contribution in [-0.2, 0) is 0 Å². The first-order chi connectivity index (χ1) is 4.42. The van der Waals surface area contributed by atoms with Crippen LogP contribution in [0.3, 0.4) is 0 Å². The summed E-state index contributed by atoms with van der Waals surface area (Å²) in [7, 11) is 0. The molecule has 0 heterocycles. The van der Waals surface area contributed by atoms with Crippen molar-refractivity contribution in [3.63, 3.8) is 0 Å². The van der Waals surface area contributed by atoms with Gasteiger partial charge in [0.1, 0.15) is 0 Å². The maximum atomic E-state index is 5.80. The van der Waals surface area contributed by atoms with Gasteiger partial charge >= 0.3 is 1.43 Å². The van der Waals surface area contributed by atoms with E-state index in [4.69, 9.17) is 5.73 Å². The lowest BCUT2D eigenvalue weighted by Crippen LogP contribution is -2.34. The van der Waals surface area contributed by atoms with Gasteiger partial charge in [-0.25, -0.2) is 0 Å². The second kappa shape index (κ2) is 4.24. The van der Waals surface area contributed by atoms with E-state index in [2.05, 4.69) is 27.7 Å². The first kappa shape index (κ1) is 10.3. The maximum absolute atomic E-state index is 5.80. The highest BCUT2D eigenvalue weighted by Gasteiger charge is 2.09. The Kier molecular flexibility index (Phi) is 4.37. The van der Waals surface area contributed by atoms with E-state index in [1.165, 1.54) is 5.75 Å². The van der Waals surface area contributed by atoms with Gasteiger partial charge in [-0.1, -0.05) is 13.8 Å². The van der Waals surface area contributed by atoms with Crippen LogP contribution in [0.2, 0.25) is 0 Å². The Bertz CT molecular complexity index is 88.6. The number of rotatable bonds is 4. The van der Waals surface area contributed by atoms with Crippen molar-refractivity contribution in [3.8, 4) is 0 Å². The van der Waals surface area contributed by atoms with Crippen molar-refractivity contribution in [1.82, 2.24) is 0 Å². The number of thioether (sulfide) groups is 1. The van der Waals surface area contributed by atoms with Crippen LogP contribution in [0.4, 0.5) is 0 Å². The molecule has 0 bridgehead atoms. The third kappa shape index (κ3) is 8.31. The monoisotopic (exact) mass is 162 g/mol. The molecule has 0 aromatic rings. The second-order valence-corrected chi connectivity index (χ2v) is 4.93. The molecule has 62 valence electrons. The number of hydrogen-bond donors (Lipinski definition) is 1. The maximum Gasteiger partial charge on any atom is 1.00 e. The fourth-order valence-electron chi connectivity index (χ4n) is 0.558. The normalized spacial score (nSPS) is 12.6. The third-order valence-electron chi connectivity index (χ3n) is 0.925. The Morgan fingerprint density at radius 2 is 2.00 bits per heavy atom. The predicted octanol–water partition coefficient (Wildman–Crippen LogP) is 2.23. The predicted molar refractivity (Wildman–Crippen MR) is 51.5 cm³/mol. The van der Waals surface area contributed by atoms with Crippen molar-refractivity contribution in [2.24, 2.45) is 11.7 Å². The molecule has 0 amide bonds. The highest BCUT2D eigenvalue weighted by molar-refractivity contribution is 7.99. The minimum Gasteiger partial charge on any atom is -0.325 e. The molecule has 0 saturated carbocycles. The van der Waals surface area contributed by atoms with Gasteiger partial charge < -0.3 is 5.73 Å². The van der Waals surface area contributed by atoms with Crippen molar-refractivity contribution in [2.45, 2.75) is 33.2 Å². The average molecular weight is 162 g/mol. The Morgan fingerprint density at radius 1 is 1.50 bits per heavy atom. The van der Waals surface area contributed by atoms with Crippen LogP contribution in [-0.4, -0.2) is 17.0 Å². The quantitative estimate of drug-likeness (QED) is 0.686. The Labute approximate surface area is 70.2 Å². The smallest absolute Gasteiger partial charge is 0.325 e. The molecule has 1 nitrogen and oxygen atoms in total. The molecule has 0 unspecified atom stereocenters. The van der Waals surface area contributed by atoms with Crippen molar-refractivity contribution >= 4 is 11.8 Å². The first-order valence-corrected chi connectivity index (χ1v) is 4.94. The Hall–Kier alpha value is 0.310. The zero-order valence-electron chi connectivity index (χ0n) is 8.48. The van der Waals surface area contributed by atoms with Crippen molar-refractivity contribution in [2.75, 3.05) is 11.5 Å². The van der Waals surface area contributed by atoms with Gasteiger partial charge in [-0.15, -0.1) is 0 Å². The summed E-state index contributed by atoms with van der Waals surface area (Å²) in [6.07, 6.45) is 0. The molecule has 0 aliphatic carbocycles. The molecular weight excluding hydrogens is 142 g/mol. The molecule has 0 aliphatic rings. The summed E-state index contributed by atoms with van der Waals surface area (Å²) in [5, 5.41) is 0. The minimum absolute atomic E-state index is 0. The lowest BCUT2D eigenvalue weighted by molar-refractivity contribution is 0.590. The number of hydrogen-bond acceptors (Lipinski definition) is 2. The van der Waals surface area contributed by atoms with E-state index in [-0.39, 0.29) is 6.97 Å². The summed E-state index contributed by atoms with van der Waals surface area (Å²) in [6, 6.07) is 0. The molecule has 0 atom stereocenters. The summed E-state index contributed by atoms with van der Waals surface area (Å²) < 4.78 is 0. The third-order valence-corrected chi connectivity index (χ3v) is 2.78. The van der Waals surface area contributed by atoms with E-state index in [0.29, 0.717) is 0 Å². The first-order valence-electron chi connectivity index (χ1n) is 3.78. The van der Waals surface area contributed by atoms with E-state index in [0.717, 1.165) is 11.7 Å². The van der Waals surface area contributed by atoms with Gasteiger partial charge in [0, 0.05) is 11.3 Å². The van der Waals surface area contributed by atoms with Gasteiger partial charge in [0.05, 0.1) is 0 Å². The lowest BCUT2D eigenvalue weighted by Gasteiger charge is -2.17. The fourth-order valence-corrected chi connectivity index (χ4v) is 1.67. The van der Waals surface area contributed by atoms with E-state index in [1.54, 1.807) is 0 Å². The Morgan fingerprint density at radius 3 is 2.30 bits per heavy atom. The van der Waals surface area contributed by atoms with E-state index in [1.807, 2.05) is 11.8 Å². The van der Waals surface area contributed by atoms with Gasteiger partial charge in [0.25, 0.3) is 0 Å². The highest BCUT2D eigenvalue weighted by Crippen LogP contribution is 2.12. The SMILES string of the molecule is CC(C)CSCC(C)(C)N.[H+]. The van der Waals surface area contributed by atoms with Crippen LogP contribution >= 0.6 is 11.8 Å². The summed E-state index contributed by atoms with van der Waals surface area (Å²) in [5.74, 6) is 3.07. The van der Waals surface area contributed by atoms with Gasteiger partial charge in [0.2, 0.25) is 0 Å². The molecule has 0 aromatic heterocycles. The van der Waals surface area contributed by atoms with Crippen molar-refractivity contribution < 1.29 is 1.43 Å². The van der Waals surface area contributed by atoms with E-state index >= 15 is 0 Å². The molecule has 10 heavy (non-hydrogen) atoms. The highest BCUT2D eigenvalue weighted by atomic mass is 32.2. The standard InChI is InChI=1S/C8H19NS/c1-7(2)5-10-6-8(3,4)9/h7H,5-6,9H2,1-4H3/p+1. The summed E-state index contributed by atoms with van der Waals surface area (Å²) >= 11 is 1.94. The molecule has 0 aromatic carbocycles. The zero-order chi connectivity index (χ0) is 8.20. The molecule has 0 saturated heterocycles. The second-order valence-electron chi connectivity index (χ2n) is 3.90.